The van der Waals surface area contributed by atoms with Crippen molar-refractivity contribution in [2.45, 2.75) is 32.1 Å². The number of ether oxygens (including phenoxy) is 1. The van der Waals surface area contributed by atoms with Gasteiger partial charge in [0.2, 0.25) is 0 Å². The minimum absolute atomic E-state index is 0.817. The summed E-state index contributed by atoms with van der Waals surface area (Å²) in [5.41, 5.74) is 2.76. The lowest BCUT2D eigenvalue weighted by Crippen LogP contribution is -2.31. The van der Waals surface area contributed by atoms with Crippen LogP contribution in [0.4, 0.5) is 5.69 Å². The molecular formula is C23H32N2O. The molecule has 1 aromatic carbocycles. The van der Waals surface area contributed by atoms with Crippen molar-refractivity contribution in [2.24, 2.45) is 0 Å². The Labute approximate surface area is 158 Å². The van der Waals surface area contributed by atoms with Crippen LogP contribution in [0.5, 0.6) is 5.75 Å². The number of hydrogen-bond donors (Lipinski definition) is 0. The lowest BCUT2D eigenvalue weighted by molar-refractivity contribution is 0.205. The number of hydrogen-bond acceptors (Lipinski definition) is 3. The van der Waals surface area contributed by atoms with Gasteiger partial charge in [-0.2, -0.15) is 0 Å². The van der Waals surface area contributed by atoms with Gasteiger partial charge in [-0.25, -0.2) is 0 Å². The predicted octanol–water partition coefficient (Wildman–Crippen LogP) is 4.60. The van der Waals surface area contributed by atoms with E-state index in [-0.39, 0.29) is 0 Å². The molecule has 26 heavy (non-hydrogen) atoms. The summed E-state index contributed by atoms with van der Waals surface area (Å²) in [6.07, 6.45) is 16.4. The van der Waals surface area contributed by atoms with Gasteiger partial charge in [0.25, 0.3) is 0 Å². The highest BCUT2D eigenvalue weighted by Crippen LogP contribution is 2.31. The topological polar surface area (TPSA) is 15.7 Å². The van der Waals surface area contributed by atoms with Gasteiger partial charge in [0.15, 0.2) is 0 Å². The number of rotatable bonds is 9. The Morgan fingerprint density at radius 3 is 2.77 bits per heavy atom. The van der Waals surface area contributed by atoms with Crippen LogP contribution in [0.15, 0.2) is 55.2 Å². The van der Waals surface area contributed by atoms with Crippen LogP contribution in [-0.2, 0) is 6.42 Å². The second kappa shape index (κ2) is 10.2. The molecule has 0 saturated carbocycles. The van der Waals surface area contributed by atoms with Gasteiger partial charge in [-0.05, 0) is 62.5 Å². The first kappa shape index (κ1) is 18.8. The predicted molar refractivity (Wildman–Crippen MR) is 111 cm³/mol. The summed E-state index contributed by atoms with van der Waals surface area (Å²) in [5.74, 6) is 1.02. The van der Waals surface area contributed by atoms with Gasteiger partial charge in [-0.15, -0.1) is 0 Å². The number of allylic oxidation sites excluding steroid dienone is 4. The highest BCUT2D eigenvalue weighted by molar-refractivity contribution is 5.60. The van der Waals surface area contributed by atoms with Crippen molar-refractivity contribution in [2.75, 3.05) is 44.2 Å². The number of piperidine rings is 1. The number of nitrogens with zero attached hydrogens (tertiary/aromatic N) is 2. The minimum atomic E-state index is 0.817. The third-order valence-corrected chi connectivity index (χ3v) is 5.20. The van der Waals surface area contributed by atoms with Gasteiger partial charge in [-0.3, -0.25) is 0 Å². The van der Waals surface area contributed by atoms with Gasteiger partial charge >= 0.3 is 0 Å². The molecule has 1 aromatic rings. The van der Waals surface area contributed by atoms with E-state index in [0.717, 1.165) is 38.3 Å². The van der Waals surface area contributed by atoms with E-state index in [9.17, 15) is 0 Å². The minimum Gasteiger partial charge on any atom is -0.494 e. The van der Waals surface area contributed by atoms with Gasteiger partial charge in [0, 0.05) is 25.3 Å². The van der Waals surface area contributed by atoms with E-state index in [2.05, 4.69) is 46.7 Å². The van der Waals surface area contributed by atoms with Gasteiger partial charge in [0.05, 0.1) is 6.61 Å². The molecule has 0 bridgehead atoms. The molecule has 2 aliphatic rings. The van der Waals surface area contributed by atoms with Crippen molar-refractivity contribution < 1.29 is 4.74 Å². The van der Waals surface area contributed by atoms with Gasteiger partial charge in [0.1, 0.15) is 5.75 Å². The molecule has 0 spiro atoms. The summed E-state index contributed by atoms with van der Waals surface area (Å²) in [4.78, 5) is 5.00. The molecule has 3 rings (SSSR count). The molecule has 2 aliphatic heterocycles. The van der Waals surface area contributed by atoms with Crippen molar-refractivity contribution in [1.29, 1.82) is 0 Å². The summed E-state index contributed by atoms with van der Waals surface area (Å²) in [6.45, 7) is 10.2. The van der Waals surface area contributed by atoms with Gasteiger partial charge in [-0.1, -0.05) is 43.4 Å². The third-order valence-electron chi connectivity index (χ3n) is 5.20. The Balaban J connectivity index is 1.43. The first-order valence-corrected chi connectivity index (χ1v) is 10.0. The largest absolute Gasteiger partial charge is 0.494 e. The van der Waals surface area contributed by atoms with Crippen molar-refractivity contribution in [3.8, 4) is 5.75 Å². The van der Waals surface area contributed by atoms with E-state index in [0.29, 0.717) is 0 Å². The van der Waals surface area contributed by atoms with E-state index >= 15 is 0 Å². The zero-order valence-corrected chi connectivity index (χ0v) is 15.9. The highest BCUT2D eigenvalue weighted by Gasteiger charge is 2.18. The molecule has 0 unspecified atom stereocenters. The standard InChI is InChI=1S/C23H32N2O/c1-2-3-4-5-9-17-25-18-13-21-20-22(11-12-23(21)25)26-19-10-16-24-14-7-6-8-15-24/h2-5,9,11-12,20H,1,6-8,10,13-19H2/b4-3-,9-5+. The normalized spacial score (nSPS) is 17.9. The summed E-state index contributed by atoms with van der Waals surface area (Å²) in [7, 11) is 0. The SMILES string of the molecule is C=C/C=C\C=C\CN1CCc2cc(OCCCN3CCCCC3)ccc21. The zero-order chi connectivity index (χ0) is 18.0. The fourth-order valence-electron chi connectivity index (χ4n) is 3.80. The van der Waals surface area contributed by atoms with Crippen LogP contribution < -0.4 is 9.64 Å². The molecule has 0 atom stereocenters. The smallest absolute Gasteiger partial charge is 0.119 e. The summed E-state index contributed by atoms with van der Waals surface area (Å²) < 4.78 is 6.01. The summed E-state index contributed by atoms with van der Waals surface area (Å²) >= 11 is 0. The second-order valence-electron chi connectivity index (χ2n) is 7.14. The number of fused-ring (bicyclic) bond motifs is 1. The van der Waals surface area contributed by atoms with Crippen molar-refractivity contribution >= 4 is 5.69 Å². The Hall–Kier alpha value is -2.00. The number of anilines is 1. The lowest BCUT2D eigenvalue weighted by atomic mass is 10.1. The van der Waals surface area contributed by atoms with Crippen LogP contribution in [0.3, 0.4) is 0 Å². The van der Waals surface area contributed by atoms with E-state index in [4.69, 9.17) is 4.74 Å². The van der Waals surface area contributed by atoms with E-state index in [1.54, 1.807) is 6.08 Å². The summed E-state index contributed by atoms with van der Waals surface area (Å²) in [6, 6.07) is 6.58. The Morgan fingerprint density at radius 2 is 1.92 bits per heavy atom. The second-order valence-corrected chi connectivity index (χ2v) is 7.14. The molecule has 0 radical (unpaired) electrons. The Bertz CT molecular complexity index is 629. The maximum absolute atomic E-state index is 6.01. The van der Waals surface area contributed by atoms with Crippen LogP contribution >= 0.6 is 0 Å². The monoisotopic (exact) mass is 352 g/mol. The van der Waals surface area contributed by atoms with Crippen molar-refractivity contribution in [3.05, 3.63) is 60.7 Å². The zero-order valence-electron chi connectivity index (χ0n) is 15.9. The molecule has 0 aliphatic carbocycles. The van der Waals surface area contributed by atoms with Crippen LogP contribution in [0, 0.1) is 0 Å². The van der Waals surface area contributed by atoms with Crippen molar-refractivity contribution in [3.63, 3.8) is 0 Å². The van der Waals surface area contributed by atoms with Gasteiger partial charge < -0.3 is 14.5 Å². The first-order valence-electron chi connectivity index (χ1n) is 10.0. The molecule has 0 amide bonds. The average molecular weight is 353 g/mol. The first-order chi connectivity index (χ1) is 12.9. The molecule has 2 heterocycles. The molecular weight excluding hydrogens is 320 g/mol. The molecule has 0 aromatic heterocycles. The van der Waals surface area contributed by atoms with Crippen LogP contribution in [0.2, 0.25) is 0 Å². The van der Waals surface area contributed by atoms with E-state index < -0.39 is 0 Å². The lowest BCUT2D eigenvalue weighted by Gasteiger charge is -2.26. The average Bonchev–Trinajstić information content (AvgIpc) is 3.08. The molecule has 3 heteroatoms. The quantitative estimate of drug-likeness (QED) is 0.477. The van der Waals surface area contributed by atoms with E-state index in [1.807, 2.05) is 12.2 Å². The highest BCUT2D eigenvalue weighted by atomic mass is 16.5. The number of likely N-dealkylation sites (tertiary alicyclic amines) is 1. The molecule has 1 saturated heterocycles. The molecule has 140 valence electrons. The molecule has 0 N–H and O–H groups in total. The van der Waals surface area contributed by atoms with Crippen LogP contribution in [-0.4, -0.2) is 44.2 Å². The number of benzene rings is 1. The van der Waals surface area contributed by atoms with Crippen LogP contribution in [0.25, 0.3) is 0 Å². The maximum Gasteiger partial charge on any atom is 0.119 e. The maximum atomic E-state index is 6.01. The molecule has 3 nitrogen and oxygen atoms in total. The Kier molecular flexibility index (Phi) is 7.38. The third kappa shape index (κ3) is 5.50. The van der Waals surface area contributed by atoms with Crippen LogP contribution in [0.1, 0.15) is 31.2 Å². The molecule has 1 fully saturated rings. The fourth-order valence-corrected chi connectivity index (χ4v) is 3.80. The van der Waals surface area contributed by atoms with Crippen molar-refractivity contribution in [1.82, 2.24) is 4.90 Å². The Morgan fingerprint density at radius 1 is 1.04 bits per heavy atom. The summed E-state index contributed by atoms with van der Waals surface area (Å²) in [5, 5.41) is 0. The van der Waals surface area contributed by atoms with E-state index in [1.165, 1.54) is 50.1 Å². The fraction of sp³-hybridized carbons (Fsp3) is 0.478.